The average molecular weight is 263 g/mol. The van der Waals surface area contributed by atoms with Crippen LogP contribution in [0.25, 0.3) is 11.1 Å². The summed E-state index contributed by atoms with van der Waals surface area (Å²) in [5.41, 5.74) is 7.18. The molecule has 0 aliphatic heterocycles. The van der Waals surface area contributed by atoms with Crippen molar-refractivity contribution in [2.75, 3.05) is 5.32 Å². The second kappa shape index (κ2) is 5.07. The molecular weight excluding hydrogens is 250 g/mol. The van der Waals surface area contributed by atoms with Crippen LogP contribution in [0.2, 0.25) is 0 Å². The summed E-state index contributed by atoms with van der Waals surface area (Å²) in [5, 5.41) is 11.1. The molecule has 100 valence electrons. The van der Waals surface area contributed by atoms with Gasteiger partial charge in [0.25, 0.3) is 0 Å². The highest BCUT2D eigenvalue weighted by molar-refractivity contribution is 5.97. The molecule has 19 heavy (non-hydrogen) atoms. The normalized spacial score (nSPS) is 12.3. The smallest absolute Gasteiger partial charge is 0.305 e. The molecule has 1 heterocycles. The molecule has 0 fully saturated rings. The number of nitrogens with one attached hydrogen (secondary N) is 1. The SMILES string of the molecule is Cc1nc2cc(NC(=O)C(N)CC(=O)O)ccc2o1. The molecule has 0 saturated heterocycles. The lowest BCUT2D eigenvalue weighted by Gasteiger charge is -2.09. The molecule has 2 rings (SSSR count). The Kier molecular flexibility index (Phi) is 3.48. The first-order valence-corrected chi connectivity index (χ1v) is 5.61. The lowest BCUT2D eigenvalue weighted by atomic mass is 10.2. The molecule has 0 saturated carbocycles. The van der Waals surface area contributed by atoms with E-state index in [9.17, 15) is 9.59 Å². The minimum absolute atomic E-state index is 0.419. The van der Waals surface area contributed by atoms with E-state index in [4.69, 9.17) is 15.3 Å². The van der Waals surface area contributed by atoms with Gasteiger partial charge in [-0.05, 0) is 18.2 Å². The molecule has 0 aliphatic rings. The zero-order chi connectivity index (χ0) is 14.0. The molecule has 1 atom stereocenters. The number of nitrogens with two attached hydrogens (primary N) is 1. The van der Waals surface area contributed by atoms with E-state index in [-0.39, 0.29) is 0 Å². The Morgan fingerprint density at radius 1 is 1.53 bits per heavy atom. The van der Waals surface area contributed by atoms with Crippen LogP contribution in [0.15, 0.2) is 22.6 Å². The number of carboxylic acid groups (broad SMARTS) is 1. The van der Waals surface area contributed by atoms with E-state index in [0.29, 0.717) is 22.7 Å². The van der Waals surface area contributed by atoms with Gasteiger partial charge in [0.2, 0.25) is 5.91 Å². The molecule has 0 aliphatic carbocycles. The Bertz CT molecular complexity index is 635. The Labute approximate surface area is 108 Å². The van der Waals surface area contributed by atoms with Gasteiger partial charge in [-0.1, -0.05) is 0 Å². The van der Waals surface area contributed by atoms with Gasteiger partial charge in [0.1, 0.15) is 5.52 Å². The number of rotatable bonds is 4. The Hall–Kier alpha value is -2.41. The first kappa shape index (κ1) is 13.0. The van der Waals surface area contributed by atoms with Crippen molar-refractivity contribution in [1.29, 1.82) is 0 Å². The lowest BCUT2D eigenvalue weighted by Crippen LogP contribution is -2.37. The fourth-order valence-corrected chi connectivity index (χ4v) is 1.64. The summed E-state index contributed by atoms with van der Waals surface area (Å²) in [7, 11) is 0. The van der Waals surface area contributed by atoms with Crippen LogP contribution in [-0.2, 0) is 9.59 Å². The minimum atomic E-state index is -1.12. The van der Waals surface area contributed by atoms with Gasteiger partial charge < -0.3 is 20.6 Å². The summed E-state index contributed by atoms with van der Waals surface area (Å²) in [6, 6.07) is 3.86. The summed E-state index contributed by atoms with van der Waals surface area (Å²) in [6.45, 7) is 1.72. The predicted octanol–water partition coefficient (Wildman–Crippen LogP) is 0.877. The summed E-state index contributed by atoms with van der Waals surface area (Å²) in [5.74, 6) is -1.15. The predicted molar refractivity (Wildman–Crippen MR) is 67.6 cm³/mol. The van der Waals surface area contributed by atoms with Gasteiger partial charge in [-0.15, -0.1) is 0 Å². The van der Waals surface area contributed by atoms with E-state index in [0.717, 1.165) is 0 Å². The molecule has 7 nitrogen and oxygen atoms in total. The average Bonchev–Trinajstić information content (AvgIpc) is 2.67. The summed E-state index contributed by atoms with van der Waals surface area (Å²) in [6.07, 6.45) is -0.419. The molecule has 1 aromatic carbocycles. The highest BCUT2D eigenvalue weighted by Crippen LogP contribution is 2.19. The van der Waals surface area contributed by atoms with Gasteiger partial charge in [-0.3, -0.25) is 9.59 Å². The number of anilines is 1. The second-order valence-corrected chi connectivity index (χ2v) is 4.11. The van der Waals surface area contributed by atoms with Crippen LogP contribution in [0.3, 0.4) is 0 Å². The number of carbonyl (C=O) groups excluding carboxylic acids is 1. The van der Waals surface area contributed by atoms with Gasteiger partial charge in [-0.25, -0.2) is 4.98 Å². The number of carbonyl (C=O) groups is 2. The summed E-state index contributed by atoms with van der Waals surface area (Å²) >= 11 is 0. The molecule has 1 aromatic heterocycles. The maximum atomic E-state index is 11.6. The van der Waals surface area contributed by atoms with Crippen LogP contribution < -0.4 is 11.1 Å². The van der Waals surface area contributed by atoms with Crippen molar-refractivity contribution >= 4 is 28.7 Å². The fraction of sp³-hybridized carbons (Fsp3) is 0.250. The van der Waals surface area contributed by atoms with Gasteiger partial charge in [-0.2, -0.15) is 0 Å². The van der Waals surface area contributed by atoms with Gasteiger partial charge in [0, 0.05) is 12.6 Å². The van der Waals surface area contributed by atoms with E-state index in [1.54, 1.807) is 25.1 Å². The van der Waals surface area contributed by atoms with E-state index in [2.05, 4.69) is 10.3 Å². The molecule has 1 amide bonds. The molecule has 0 bridgehead atoms. The molecule has 0 radical (unpaired) electrons. The van der Waals surface area contributed by atoms with Gasteiger partial charge in [0.15, 0.2) is 11.5 Å². The van der Waals surface area contributed by atoms with Crippen LogP contribution in [0.1, 0.15) is 12.3 Å². The molecule has 2 aromatic rings. The number of oxazole rings is 1. The first-order chi connectivity index (χ1) is 8.95. The summed E-state index contributed by atoms with van der Waals surface area (Å²) < 4.78 is 5.30. The number of hydrogen-bond acceptors (Lipinski definition) is 5. The van der Waals surface area contributed by atoms with E-state index < -0.39 is 24.3 Å². The van der Waals surface area contributed by atoms with Gasteiger partial charge in [0.05, 0.1) is 12.5 Å². The number of aromatic nitrogens is 1. The van der Waals surface area contributed by atoms with Crippen molar-refractivity contribution in [2.45, 2.75) is 19.4 Å². The van der Waals surface area contributed by atoms with Gasteiger partial charge >= 0.3 is 5.97 Å². The van der Waals surface area contributed by atoms with Crippen LogP contribution in [-0.4, -0.2) is 28.0 Å². The second-order valence-electron chi connectivity index (χ2n) is 4.11. The van der Waals surface area contributed by atoms with E-state index in [1.807, 2.05) is 0 Å². The van der Waals surface area contributed by atoms with E-state index in [1.165, 1.54) is 0 Å². The molecule has 1 unspecified atom stereocenters. The maximum absolute atomic E-state index is 11.6. The summed E-state index contributed by atoms with van der Waals surface area (Å²) in [4.78, 5) is 26.2. The quantitative estimate of drug-likeness (QED) is 0.753. The lowest BCUT2D eigenvalue weighted by molar-refractivity contribution is -0.138. The number of hydrogen-bond donors (Lipinski definition) is 3. The van der Waals surface area contributed by atoms with Crippen molar-refractivity contribution in [3.63, 3.8) is 0 Å². The fourth-order valence-electron chi connectivity index (χ4n) is 1.64. The third kappa shape index (κ3) is 3.08. The Morgan fingerprint density at radius 3 is 2.95 bits per heavy atom. The topological polar surface area (TPSA) is 118 Å². The zero-order valence-corrected chi connectivity index (χ0v) is 10.2. The van der Waals surface area contributed by atoms with Crippen LogP contribution in [0, 0.1) is 6.92 Å². The molecule has 0 spiro atoms. The van der Waals surface area contributed by atoms with Crippen molar-refractivity contribution in [3.8, 4) is 0 Å². The van der Waals surface area contributed by atoms with Crippen molar-refractivity contribution in [2.24, 2.45) is 5.73 Å². The molecule has 4 N–H and O–H groups in total. The Morgan fingerprint density at radius 2 is 2.26 bits per heavy atom. The van der Waals surface area contributed by atoms with E-state index >= 15 is 0 Å². The van der Waals surface area contributed by atoms with Crippen LogP contribution in [0.4, 0.5) is 5.69 Å². The number of nitrogens with zero attached hydrogens (tertiary/aromatic N) is 1. The maximum Gasteiger partial charge on any atom is 0.305 e. The highest BCUT2D eigenvalue weighted by Gasteiger charge is 2.17. The highest BCUT2D eigenvalue weighted by atomic mass is 16.4. The monoisotopic (exact) mass is 263 g/mol. The number of benzene rings is 1. The standard InChI is InChI=1S/C12H13N3O4/c1-6-14-9-4-7(2-3-10(9)19-6)15-12(18)8(13)5-11(16)17/h2-4,8H,5,13H2,1H3,(H,15,18)(H,16,17). The molecular formula is C12H13N3O4. The molecule has 7 heteroatoms. The number of carboxylic acids is 1. The number of aliphatic carboxylic acids is 1. The minimum Gasteiger partial charge on any atom is -0.481 e. The van der Waals surface area contributed by atoms with Crippen molar-refractivity contribution in [1.82, 2.24) is 4.98 Å². The van der Waals surface area contributed by atoms with Crippen molar-refractivity contribution < 1.29 is 19.1 Å². The van der Waals surface area contributed by atoms with Crippen molar-refractivity contribution in [3.05, 3.63) is 24.1 Å². The number of aryl methyl sites for hydroxylation is 1. The van der Waals surface area contributed by atoms with Crippen LogP contribution >= 0.6 is 0 Å². The largest absolute Gasteiger partial charge is 0.481 e. The third-order valence-electron chi connectivity index (χ3n) is 2.49. The number of fused-ring (bicyclic) bond motifs is 1. The first-order valence-electron chi connectivity index (χ1n) is 5.61. The third-order valence-corrected chi connectivity index (χ3v) is 2.49. The van der Waals surface area contributed by atoms with Crippen LogP contribution in [0.5, 0.6) is 0 Å². The number of amides is 1. The zero-order valence-electron chi connectivity index (χ0n) is 10.2. The Balaban J connectivity index is 2.12.